The third-order valence-electron chi connectivity index (χ3n) is 6.30. The summed E-state index contributed by atoms with van der Waals surface area (Å²) in [5.41, 5.74) is 13.3. The molecule has 0 amide bonds. The van der Waals surface area contributed by atoms with Crippen molar-refractivity contribution in [3.05, 3.63) is 59.7 Å². The number of rotatable bonds is 14. The van der Waals surface area contributed by atoms with Gasteiger partial charge in [-0.1, -0.05) is 10.3 Å². The normalized spacial score (nSPS) is 15.5. The number of nitrogens with two attached hydrogens (primary N) is 2. The van der Waals surface area contributed by atoms with E-state index in [4.69, 9.17) is 30.6 Å². The molecule has 36 heavy (non-hydrogen) atoms. The van der Waals surface area contributed by atoms with Crippen LogP contribution in [0.1, 0.15) is 43.2 Å². The summed E-state index contributed by atoms with van der Waals surface area (Å²) in [6.45, 7) is 4.81. The van der Waals surface area contributed by atoms with Crippen LogP contribution in [0, 0.1) is 5.92 Å². The van der Waals surface area contributed by atoms with Crippen molar-refractivity contribution in [2.45, 2.75) is 32.1 Å². The van der Waals surface area contributed by atoms with E-state index in [0.717, 1.165) is 67.6 Å². The fraction of sp³-hybridized carbons (Fsp3) is 0.481. The topological polar surface area (TPSA) is 117 Å². The number of nitrogens with zero attached hydrogens (tertiary/aromatic N) is 3. The van der Waals surface area contributed by atoms with Crippen LogP contribution in [-0.2, 0) is 9.68 Å². The highest BCUT2D eigenvalue weighted by atomic mass is 16.6. The smallest absolute Gasteiger partial charge is 0.170 e. The van der Waals surface area contributed by atoms with Crippen LogP contribution in [0.15, 0.2) is 58.8 Å². The standard InChI is InChI=1S/C27H39N5O4/c1-33-30-26(28)22-6-10-24(11-7-22)35-19-3-5-21-14-17-32(18-15-21)16-4-20-36-25-12-8-23(9-13-25)27(29)31-34-2/h6-13,21H,3-5,14-20H2,1-2H3,(H2,28,30)(H2,29,31). The van der Waals surface area contributed by atoms with Gasteiger partial charge in [0.15, 0.2) is 11.7 Å². The number of benzene rings is 2. The van der Waals surface area contributed by atoms with Gasteiger partial charge in [0, 0.05) is 17.7 Å². The Bertz CT molecular complexity index is 876. The molecule has 0 spiro atoms. The van der Waals surface area contributed by atoms with Crippen LogP contribution in [-0.4, -0.2) is 63.6 Å². The van der Waals surface area contributed by atoms with E-state index in [-0.39, 0.29) is 0 Å². The molecule has 2 aromatic rings. The third-order valence-corrected chi connectivity index (χ3v) is 6.30. The van der Waals surface area contributed by atoms with E-state index in [1.165, 1.54) is 33.5 Å². The van der Waals surface area contributed by atoms with Crippen molar-refractivity contribution < 1.29 is 19.1 Å². The van der Waals surface area contributed by atoms with Gasteiger partial charge in [-0.3, -0.25) is 0 Å². The SMILES string of the molecule is CON=C(N)c1ccc(OCCCC2CCN(CCCOc3ccc(C(N)=NOC)cc3)CC2)cc1. The lowest BCUT2D eigenvalue weighted by atomic mass is 9.92. The van der Waals surface area contributed by atoms with Crippen LogP contribution >= 0.6 is 0 Å². The van der Waals surface area contributed by atoms with Gasteiger partial charge in [0.1, 0.15) is 25.7 Å². The van der Waals surface area contributed by atoms with Gasteiger partial charge in [-0.25, -0.2) is 0 Å². The summed E-state index contributed by atoms with van der Waals surface area (Å²) in [5, 5.41) is 7.47. The number of ether oxygens (including phenoxy) is 2. The third kappa shape index (κ3) is 8.96. The zero-order chi connectivity index (χ0) is 25.6. The second-order valence-corrected chi connectivity index (χ2v) is 8.84. The Kier molecular flexibility index (Phi) is 11.2. The molecule has 1 saturated heterocycles. The monoisotopic (exact) mass is 497 g/mol. The Balaban J connectivity index is 1.24. The average Bonchev–Trinajstić information content (AvgIpc) is 2.91. The molecule has 9 nitrogen and oxygen atoms in total. The Labute approximate surface area is 214 Å². The fourth-order valence-electron chi connectivity index (χ4n) is 4.28. The van der Waals surface area contributed by atoms with E-state index in [1.807, 2.05) is 48.5 Å². The molecule has 1 fully saturated rings. The predicted molar refractivity (Wildman–Crippen MR) is 142 cm³/mol. The molecule has 0 saturated carbocycles. The summed E-state index contributed by atoms with van der Waals surface area (Å²) in [5.74, 6) is 3.17. The van der Waals surface area contributed by atoms with Gasteiger partial charge in [0.2, 0.25) is 0 Å². The van der Waals surface area contributed by atoms with Gasteiger partial charge in [0.25, 0.3) is 0 Å². The number of hydrogen-bond donors (Lipinski definition) is 2. The molecular formula is C27H39N5O4. The van der Waals surface area contributed by atoms with Crippen molar-refractivity contribution in [3.63, 3.8) is 0 Å². The molecule has 0 radical (unpaired) electrons. The lowest BCUT2D eigenvalue weighted by Crippen LogP contribution is -2.35. The molecule has 196 valence electrons. The van der Waals surface area contributed by atoms with Gasteiger partial charge in [0.05, 0.1) is 13.2 Å². The Hall–Kier alpha value is -3.46. The molecule has 4 N–H and O–H groups in total. The molecule has 2 aromatic carbocycles. The van der Waals surface area contributed by atoms with Crippen LogP contribution in [0.5, 0.6) is 11.5 Å². The Morgan fingerprint density at radius 3 is 1.72 bits per heavy atom. The number of oxime groups is 2. The van der Waals surface area contributed by atoms with Crippen molar-refractivity contribution in [2.75, 3.05) is 47.1 Å². The highest BCUT2D eigenvalue weighted by Gasteiger charge is 2.18. The zero-order valence-corrected chi connectivity index (χ0v) is 21.4. The second-order valence-electron chi connectivity index (χ2n) is 8.84. The van der Waals surface area contributed by atoms with Crippen molar-refractivity contribution in [1.82, 2.24) is 4.90 Å². The molecule has 0 bridgehead atoms. The van der Waals surface area contributed by atoms with Gasteiger partial charge >= 0.3 is 0 Å². The summed E-state index contributed by atoms with van der Waals surface area (Å²) in [7, 11) is 2.95. The zero-order valence-electron chi connectivity index (χ0n) is 21.4. The van der Waals surface area contributed by atoms with Crippen LogP contribution in [0.3, 0.4) is 0 Å². The largest absolute Gasteiger partial charge is 0.494 e. The molecule has 1 heterocycles. The molecule has 0 atom stereocenters. The van der Waals surface area contributed by atoms with Gasteiger partial charge in [-0.15, -0.1) is 0 Å². The predicted octanol–water partition coefficient (Wildman–Crippen LogP) is 3.56. The number of hydrogen-bond acceptors (Lipinski definition) is 7. The summed E-state index contributed by atoms with van der Waals surface area (Å²) in [6, 6.07) is 15.2. The second kappa shape index (κ2) is 14.8. The first-order valence-corrected chi connectivity index (χ1v) is 12.5. The van der Waals surface area contributed by atoms with Gasteiger partial charge in [-0.05, 0) is 99.6 Å². The molecule has 0 aromatic heterocycles. The van der Waals surface area contributed by atoms with Crippen LogP contribution in [0.4, 0.5) is 0 Å². The highest BCUT2D eigenvalue weighted by Crippen LogP contribution is 2.22. The molecule has 0 aliphatic carbocycles. The van der Waals surface area contributed by atoms with E-state index in [1.54, 1.807) is 0 Å². The van der Waals surface area contributed by atoms with Gasteiger partial charge in [-0.2, -0.15) is 0 Å². The van der Waals surface area contributed by atoms with Crippen molar-refractivity contribution in [3.8, 4) is 11.5 Å². The lowest BCUT2D eigenvalue weighted by Gasteiger charge is -2.32. The summed E-state index contributed by atoms with van der Waals surface area (Å²) in [4.78, 5) is 11.9. The van der Waals surface area contributed by atoms with Crippen molar-refractivity contribution in [2.24, 2.45) is 27.7 Å². The number of amidine groups is 2. The molecule has 9 heteroatoms. The fourth-order valence-corrected chi connectivity index (χ4v) is 4.28. The Morgan fingerprint density at radius 2 is 1.25 bits per heavy atom. The number of piperidine rings is 1. The first-order chi connectivity index (χ1) is 17.6. The first-order valence-electron chi connectivity index (χ1n) is 12.5. The first kappa shape index (κ1) is 27.1. The van der Waals surface area contributed by atoms with Gasteiger partial charge < -0.3 is 35.5 Å². The van der Waals surface area contributed by atoms with E-state index >= 15 is 0 Å². The molecular weight excluding hydrogens is 458 g/mol. The molecule has 0 unspecified atom stereocenters. The summed E-state index contributed by atoms with van der Waals surface area (Å²) in [6.07, 6.45) is 5.78. The quantitative estimate of drug-likeness (QED) is 0.177. The molecule has 1 aliphatic rings. The minimum Gasteiger partial charge on any atom is -0.494 e. The lowest BCUT2D eigenvalue weighted by molar-refractivity contribution is 0.161. The average molecular weight is 498 g/mol. The molecule has 1 aliphatic heterocycles. The minimum atomic E-state index is 0.352. The van der Waals surface area contributed by atoms with Crippen molar-refractivity contribution >= 4 is 11.7 Å². The van der Waals surface area contributed by atoms with E-state index in [0.29, 0.717) is 18.3 Å². The minimum absolute atomic E-state index is 0.352. The summed E-state index contributed by atoms with van der Waals surface area (Å²) < 4.78 is 11.8. The van der Waals surface area contributed by atoms with Crippen LogP contribution in [0.2, 0.25) is 0 Å². The Morgan fingerprint density at radius 1 is 0.778 bits per heavy atom. The maximum absolute atomic E-state index is 5.89. The van der Waals surface area contributed by atoms with Crippen molar-refractivity contribution in [1.29, 1.82) is 0 Å². The summed E-state index contributed by atoms with van der Waals surface area (Å²) >= 11 is 0. The maximum Gasteiger partial charge on any atom is 0.170 e. The number of likely N-dealkylation sites (tertiary alicyclic amines) is 1. The van der Waals surface area contributed by atoms with Crippen LogP contribution < -0.4 is 20.9 Å². The van der Waals surface area contributed by atoms with E-state index in [2.05, 4.69) is 15.2 Å². The van der Waals surface area contributed by atoms with E-state index < -0.39 is 0 Å². The molecule has 3 rings (SSSR count). The maximum atomic E-state index is 5.89. The highest BCUT2D eigenvalue weighted by molar-refractivity contribution is 5.97. The van der Waals surface area contributed by atoms with Crippen LogP contribution in [0.25, 0.3) is 0 Å². The van der Waals surface area contributed by atoms with E-state index in [9.17, 15) is 0 Å².